The number of benzene rings is 1. The van der Waals surface area contributed by atoms with Gasteiger partial charge in [-0.1, -0.05) is 41.9 Å². The highest BCUT2D eigenvalue weighted by atomic mass is 35.5. The van der Waals surface area contributed by atoms with Crippen LogP contribution in [0.2, 0.25) is 0 Å². The lowest BCUT2D eigenvalue weighted by atomic mass is 10.2. The standard InChI is InChI=1S/C8H7Cl.C2H4/c9-7-6-8-4-2-1-3-5-8;1-2/h1-7H;1-2H2. The lowest BCUT2D eigenvalue weighted by molar-refractivity contribution is 1.66. The van der Waals surface area contributed by atoms with Crippen LogP contribution in [0.15, 0.2) is 49.0 Å². The van der Waals surface area contributed by atoms with Crippen LogP contribution in [0.3, 0.4) is 0 Å². The Morgan fingerprint density at radius 3 is 2.09 bits per heavy atom. The Balaban J connectivity index is 0.000000461. The minimum absolute atomic E-state index is 1.13. The van der Waals surface area contributed by atoms with Crippen LogP contribution in [0.25, 0.3) is 6.08 Å². The van der Waals surface area contributed by atoms with Crippen molar-refractivity contribution in [2.24, 2.45) is 0 Å². The fourth-order valence-electron chi connectivity index (χ4n) is 0.637. The van der Waals surface area contributed by atoms with Gasteiger partial charge in [-0.25, -0.2) is 0 Å². The summed E-state index contributed by atoms with van der Waals surface area (Å²) < 4.78 is 0. The van der Waals surface area contributed by atoms with E-state index in [9.17, 15) is 0 Å². The van der Waals surface area contributed by atoms with Crippen molar-refractivity contribution in [2.45, 2.75) is 0 Å². The van der Waals surface area contributed by atoms with Crippen molar-refractivity contribution in [2.75, 3.05) is 0 Å². The monoisotopic (exact) mass is 166 g/mol. The zero-order valence-electron chi connectivity index (χ0n) is 6.33. The summed E-state index contributed by atoms with van der Waals surface area (Å²) in [6.07, 6.45) is 1.85. The highest BCUT2D eigenvalue weighted by Gasteiger charge is 1.78. The summed E-state index contributed by atoms with van der Waals surface area (Å²) in [4.78, 5) is 0. The van der Waals surface area contributed by atoms with Crippen molar-refractivity contribution in [1.82, 2.24) is 0 Å². The zero-order valence-corrected chi connectivity index (χ0v) is 7.09. The molecule has 1 aromatic carbocycles. The molecule has 0 unspecified atom stereocenters. The highest BCUT2D eigenvalue weighted by molar-refractivity contribution is 6.27. The van der Waals surface area contributed by atoms with Gasteiger partial charge in [-0.3, -0.25) is 0 Å². The van der Waals surface area contributed by atoms with Crippen molar-refractivity contribution in [3.8, 4) is 0 Å². The fraction of sp³-hybridized carbons (Fsp3) is 0. The molecule has 0 aliphatic rings. The number of hydrogen-bond acceptors (Lipinski definition) is 0. The predicted molar refractivity (Wildman–Crippen MR) is 52.6 cm³/mol. The molecule has 1 heteroatoms. The van der Waals surface area contributed by atoms with Gasteiger partial charge in [0.25, 0.3) is 0 Å². The van der Waals surface area contributed by atoms with Crippen molar-refractivity contribution in [3.63, 3.8) is 0 Å². The molecule has 0 saturated carbocycles. The summed E-state index contributed by atoms with van der Waals surface area (Å²) in [5.74, 6) is 0. The molecule has 0 aromatic heterocycles. The van der Waals surface area contributed by atoms with Crippen LogP contribution in [-0.4, -0.2) is 0 Å². The van der Waals surface area contributed by atoms with Gasteiger partial charge >= 0.3 is 0 Å². The maximum Gasteiger partial charge on any atom is 0.00484 e. The normalized spacial score (nSPS) is 8.82. The van der Waals surface area contributed by atoms with Gasteiger partial charge in [0.15, 0.2) is 0 Å². The number of rotatable bonds is 1. The Labute approximate surface area is 72.8 Å². The third-order valence-electron chi connectivity index (χ3n) is 1.06. The van der Waals surface area contributed by atoms with E-state index in [1.54, 1.807) is 0 Å². The van der Waals surface area contributed by atoms with Crippen LogP contribution in [0.5, 0.6) is 0 Å². The van der Waals surface area contributed by atoms with Crippen molar-refractivity contribution < 1.29 is 0 Å². The Kier molecular flexibility index (Phi) is 6.45. The van der Waals surface area contributed by atoms with E-state index in [4.69, 9.17) is 11.6 Å². The summed E-state index contributed by atoms with van der Waals surface area (Å²) >= 11 is 5.36. The molecule has 0 aliphatic heterocycles. The lowest BCUT2D eigenvalue weighted by Gasteiger charge is -1.86. The van der Waals surface area contributed by atoms with Gasteiger partial charge in [-0.2, -0.15) is 0 Å². The van der Waals surface area contributed by atoms with Crippen molar-refractivity contribution in [3.05, 3.63) is 54.6 Å². The Morgan fingerprint density at radius 1 is 1.09 bits per heavy atom. The minimum atomic E-state index is 1.13. The van der Waals surface area contributed by atoms with Gasteiger partial charge in [0.2, 0.25) is 0 Å². The van der Waals surface area contributed by atoms with Gasteiger partial charge in [0.05, 0.1) is 0 Å². The quantitative estimate of drug-likeness (QED) is 0.559. The molecule has 0 N–H and O–H groups in total. The molecule has 0 saturated heterocycles. The van der Waals surface area contributed by atoms with Crippen LogP contribution in [0.1, 0.15) is 5.56 Å². The molecule has 58 valence electrons. The largest absolute Gasteiger partial charge is 0.106 e. The summed E-state index contributed by atoms with van der Waals surface area (Å²) in [5, 5.41) is 0. The third kappa shape index (κ3) is 4.40. The molecule has 0 bridgehead atoms. The van der Waals surface area contributed by atoms with Gasteiger partial charge in [0, 0.05) is 5.54 Å². The van der Waals surface area contributed by atoms with Crippen molar-refractivity contribution >= 4 is 17.7 Å². The lowest BCUT2D eigenvalue weighted by Crippen LogP contribution is -1.64. The SMILES string of the molecule is C=C.ClC=Cc1ccccc1. The van der Waals surface area contributed by atoms with E-state index < -0.39 is 0 Å². The first kappa shape index (κ1) is 9.99. The molecular weight excluding hydrogens is 156 g/mol. The van der Waals surface area contributed by atoms with E-state index in [-0.39, 0.29) is 0 Å². The minimum Gasteiger partial charge on any atom is -0.106 e. The second-order valence-corrected chi connectivity index (χ2v) is 1.96. The molecule has 0 aliphatic carbocycles. The molecule has 0 heterocycles. The van der Waals surface area contributed by atoms with Crippen LogP contribution in [0, 0.1) is 0 Å². The van der Waals surface area contributed by atoms with E-state index in [2.05, 4.69) is 13.2 Å². The van der Waals surface area contributed by atoms with Crippen LogP contribution in [0.4, 0.5) is 0 Å². The molecule has 0 fully saturated rings. The van der Waals surface area contributed by atoms with E-state index in [0.29, 0.717) is 0 Å². The Hall–Kier alpha value is -1.01. The van der Waals surface area contributed by atoms with Gasteiger partial charge in [-0.15, -0.1) is 13.2 Å². The second-order valence-electron chi connectivity index (χ2n) is 1.70. The molecule has 11 heavy (non-hydrogen) atoms. The first-order valence-corrected chi connectivity index (χ1v) is 3.69. The second kappa shape index (κ2) is 7.10. The summed E-state index contributed by atoms with van der Waals surface area (Å²) in [6, 6.07) is 9.93. The third-order valence-corrected chi connectivity index (χ3v) is 1.18. The average Bonchev–Trinajstić information content (AvgIpc) is 2.11. The fourth-order valence-corrected chi connectivity index (χ4v) is 0.782. The summed E-state index contributed by atoms with van der Waals surface area (Å²) in [7, 11) is 0. The number of hydrogen-bond donors (Lipinski definition) is 0. The van der Waals surface area contributed by atoms with Crippen LogP contribution < -0.4 is 0 Å². The Bertz CT molecular complexity index is 201. The molecule has 0 nitrogen and oxygen atoms in total. The molecule has 1 aromatic rings. The van der Waals surface area contributed by atoms with E-state index in [0.717, 1.165) is 5.56 Å². The van der Waals surface area contributed by atoms with Crippen LogP contribution in [-0.2, 0) is 0 Å². The van der Waals surface area contributed by atoms with Gasteiger partial charge in [-0.05, 0) is 11.6 Å². The predicted octanol–water partition coefficient (Wildman–Crippen LogP) is 3.70. The molecular formula is C10H11Cl. The molecule has 1 rings (SSSR count). The summed E-state index contributed by atoms with van der Waals surface area (Å²) in [5.41, 5.74) is 2.64. The topological polar surface area (TPSA) is 0 Å². The maximum absolute atomic E-state index is 5.36. The van der Waals surface area contributed by atoms with E-state index in [1.807, 2.05) is 36.4 Å². The van der Waals surface area contributed by atoms with Gasteiger partial charge < -0.3 is 0 Å². The zero-order chi connectivity index (χ0) is 8.53. The first-order chi connectivity index (χ1) is 5.43. The van der Waals surface area contributed by atoms with Crippen molar-refractivity contribution in [1.29, 1.82) is 0 Å². The Morgan fingerprint density at radius 2 is 1.64 bits per heavy atom. The van der Waals surface area contributed by atoms with E-state index in [1.165, 1.54) is 5.54 Å². The summed E-state index contributed by atoms with van der Waals surface area (Å²) in [6.45, 7) is 6.00. The van der Waals surface area contributed by atoms with Gasteiger partial charge in [0.1, 0.15) is 0 Å². The molecule has 0 spiro atoms. The molecule has 0 radical (unpaired) electrons. The maximum atomic E-state index is 5.36. The smallest absolute Gasteiger partial charge is 0.00484 e. The molecule has 0 atom stereocenters. The number of halogens is 1. The highest BCUT2D eigenvalue weighted by Crippen LogP contribution is 2.00. The molecule has 0 amide bonds. The van der Waals surface area contributed by atoms with E-state index >= 15 is 0 Å². The average molecular weight is 167 g/mol. The first-order valence-electron chi connectivity index (χ1n) is 3.25. The van der Waals surface area contributed by atoms with Crippen LogP contribution >= 0.6 is 11.6 Å².